The van der Waals surface area contributed by atoms with Gasteiger partial charge in [-0.05, 0) is 53.2 Å². The summed E-state index contributed by atoms with van der Waals surface area (Å²) in [6.07, 6.45) is 7.68. The Hall–Kier alpha value is -1.44. The molecule has 1 heterocycles. The predicted molar refractivity (Wildman–Crippen MR) is 86.7 cm³/mol. The molecule has 0 aromatic carbocycles. The lowest BCUT2D eigenvalue weighted by Crippen LogP contribution is -2.45. The van der Waals surface area contributed by atoms with E-state index in [0.29, 0.717) is 12.5 Å². The van der Waals surface area contributed by atoms with Crippen molar-refractivity contribution in [3.8, 4) is 6.07 Å². The maximum atomic E-state index is 9.86. The molecule has 1 aliphatic carbocycles. The average molecular weight is 347 g/mol. The summed E-state index contributed by atoms with van der Waals surface area (Å²) in [5, 5.41) is 9.86. The Labute approximate surface area is 134 Å². The van der Waals surface area contributed by atoms with Crippen molar-refractivity contribution in [3.05, 3.63) is 53.8 Å². The topological polar surface area (TPSA) is 45.9 Å². The highest BCUT2D eigenvalue weighted by Gasteiger charge is 2.46. The van der Waals surface area contributed by atoms with Crippen molar-refractivity contribution < 1.29 is 4.74 Å². The highest BCUT2D eigenvalue weighted by atomic mass is 79.9. The second kappa shape index (κ2) is 7.02. The van der Waals surface area contributed by atoms with E-state index in [9.17, 15) is 5.26 Å². The van der Waals surface area contributed by atoms with Crippen LogP contribution in [0.4, 0.5) is 0 Å². The summed E-state index contributed by atoms with van der Waals surface area (Å²) in [7, 11) is 0. The standard InChI is InChI=1S/C17H19BrN2O/c1-3-9-21-16-10-13(4-2)7-8-17(16,12-19)15-6-5-14(18)11-20-15/h3-6,11,13,16H,1-2,7-10H2/t13?,16?,17-/m0/s1. The third kappa shape index (κ3) is 3.25. The predicted octanol–water partition coefficient (Wildman–Crippen LogP) is 4.16. The van der Waals surface area contributed by atoms with Crippen molar-refractivity contribution in [2.45, 2.75) is 30.8 Å². The number of ether oxygens (including phenoxy) is 1. The Bertz CT molecular complexity index is 549. The molecule has 0 radical (unpaired) electrons. The number of nitriles is 1. The number of hydrogen-bond acceptors (Lipinski definition) is 3. The Kier molecular flexibility index (Phi) is 5.33. The third-order valence-electron chi connectivity index (χ3n) is 4.11. The Morgan fingerprint density at radius 3 is 2.90 bits per heavy atom. The van der Waals surface area contributed by atoms with E-state index in [2.05, 4.69) is 40.1 Å². The molecular formula is C17H19BrN2O. The maximum Gasteiger partial charge on any atom is 0.125 e. The molecule has 1 saturated carbocycles. The molecule has 110 valence electrons. The first kappa shape index (κ1) is 15.9. The molecule has 3 nitrogen and oxygen atoms in total. The van der Waals surface area contributed by atoms with Gasteiger partial charge in [-0.3, -0.25) is 4.98 Å². The minimum atomic E-state index is -0.691. The molecule has 2 rings (SSSR count). The van der Waals surface area contributed by atoms with Gasteiger partial charge in [0.05, 0.1) is 24.5 Å². The van der Waals surface area contributed by atoms with Crippen LogP contribution in [-0.2, 0) is 10.2 Å². The SMILES string of the molecule is C=CCOC1CC(C=C)CC[C@]1(C#N)c1ccc(Br)cn1. The van der Waals surface area contributed by atoms with Gasteiger partial charge in [0.25, 0.3) is 0 Å². The molecule has 0 spiro atoms. The minimum absolute atomic E-state index is 0.189. The highest BCUT2D eigenvalue weighted by Crippen LogP contribution is 2.42. The monoisotopic (exact) mass is 346 g/mol. The van der Waals surface area contributed by atoms with Gasteiger partial charge in [0.2, 0.25) is 0 Å². The second-order valence-corrected chi connectivity index (χ2v) is 6.24. The molecule has 2 unspecified atom stereocenters. The Morgan fingerprint density at radius 2 is 2.33 bits per heavy atom. The average Bonchev–Trinajstić information content (AvgIpc) is 2.53. The van der Waals surface area contributed by atoms with E-state index in [-0.39, 0.29) is 6.10 Å². The van der Waals surface area contributed by atoms with E-state index in [4.69, 9.17) is 4.74 Å². The van der Waals surface area contributed by atoms with Crippen molar-refractivity contribution in [1.82, 2.24) is 4.98 Å². The van der Waals surface area contributed by atoms with Crippen LogP contribution in [-0.4, -0.2) is 17.7 Å². The number of halogens is 1. The Morgan fingerprint density at radius 1 is 1.52 bits per heavy atom. The van der Waals surface area contributed by atoms with Crippen molar-refractivity contribution in [3.63, 3.8) is 0 Å². The van der Waals surface area contributed by atoms with Gasteiger partial charge in [0, 0.05) is 10.7 Å². The first-order valence-electron chi connectivity index (χ1n) is 7.04. The second-order valence-electron chi connectivity index (χ2n) is 5.33. The highest BCUT2D eigenvalue weighted by molar-refractivity contribution is 9.10. The number of pyridine rings is 1. The van der Waals surface area contributed by atoms with Crippen LogP contribution in [0.25, 0.3) is 0 Å². The zero-order valence-electron chi connectivity index (χ0n) is 12.0. The van der Waals surface area contributed by atoms with Crippen molar-refractivity contribution in [2.24, 2.45) is 5.92 Å². The number of aromatic nitrogens is 1. The normalized spacial score (nSPS) is 28.6. The summed E-state index contributed by atoms with van der Waals surface area (Å²) in [5.74, 6) is 0.386. The number of rotatable bonds is 5. The third-order valence-corrected chi connectivity index (χ3v) is 4.58. The van der Waals surface area contributed by atoms with Gasteiger partial charge in [0.1, 0.15) is 5.41 Å². The summed E-state index contributed by atoms with van der Waals surface area (Å²) >= 11 is 3.38. The van der Waals surface area contributed by atoms with E-state index in [1.807, 2.05) is 18.2 Å². The molecule has 1 aromatic heterocycles. The molecule has 0 N–H and O–H groups in total. The number of allylic oxidation sites excluding steroid dienone is 1. The minimum Gasteiger partial charge on any atom is -0.372 e. The summed E-state index contributed by atoms with van der Waals surface area (Å²) in [4.78, 5) is 4.45. The summed E-state index contributed by atoms with van der Waals surface area (Å²) < 4.78 is 6.82. The van der Waals surface area contributed by atoms with Gasteiger partial charge < -0.3 is 4.74 Å². The van der Waals surface area contributed by atoms with Crippen LogP contribution in [0.1, 0.15) is 25.0 Å². The lowest BCUT2D eigenvalue weighted by molar-refractivity contribution is -0.00661. The molecule has 1 aromatic rings. The molecular weight excluding hydrogens is 328 g/mol. The van der Waals surface area contributed by atoms with Crippen LogP contribution in [0.3, 0.4) is 0 Å². The molecule has 4 heteroatoms. The fraction of sp³-hybridized carbons (Fsp3) is 0.412. The molecule has 0 bridgehead atoms. The smallest absolute Gasteiger partial charge is 0.125 e. The molecule has 0 aliphatic heterocycles. The molecule has 1 aliphatic rings. The van der Waals surface area contributed by atoms with Crippen LogP contribution < -0.4 is 0 Å². The fourth-order valence-electron chi connectivity index (χ4n) is 2.89. The van der Waals surface area contributed by atoms with Crippen molar-refractivity contribution >= 4 is 15.9 Å². The van der Waals surface area contributed by atoms with Gasteiger partial charge in [-0.1, -0.05) is 12.2 Å². The molecule has 1 fully saturated rings. The van der Waals surface area contributed by atoms with Crippen LogP contribution in [0.2, 0.25) is 0 Å². The van der Waals surface area contributed by atoms with E-state index in [1.54, 1.807) is 12.3 Å². The molecule has 21 heavy (non-hydrogen) atoms. The van der Waals surface area contributed by atoms with Crippen LogP contribution in [0, 0.1) is 17.2 Å². The fourth-order valence-corrected chi connectivity index (χ4v) is 3.13. The van der Waals surface area contributed by atoms with E-state index in [0.717, 1.165) is 29.4 Å². The molecule has 0 amide bonds. The van der Waals surface area contributed by atoms with E-state index >= 15 is 0 Å². The lowest BCUT2D eigenvalue weighted by Gasteiger charge is -2.40. The van der Waals surface area contributed by atoms with Crippen molar-refractivity contribution in [2.75, 3.05) is 6.61 Å². The van der Waals surface area contributed by atoms with Crippen LogP contribution in [0.5, 0.6) is 0 Å². The quantitative estimate of drug-likeness (QED) is 0.752. The first-order chi connectivity index (χ1) is 10.2. The zero-order valence-corrected chi connectivity index (χ0v) is 13.6. The van der Waals surface area contributed by atoms with Crippen LogP contribution >= 0.6 is 15.9 Å². The largest absolute Gasteiger partial charge is 0.372 e. The lowest BCUT2D eigenvalue weighted by atomic mass is 9.67. The summed E-state index contributed by atoms with van der Waals surface area (Å²) in [5.41, 5.74) is 0.0909. The maximum absolute atomic E-state index is 9.86. The van der Waals surface area contributed by atoms with Gasteiger partial charge in [-0.15, -0.1) is 13.2 Å². The molecule has 0 saturated heterocycles. The zero-order chi connectivity index (χ0) is 15.3. The summed E-state index contributed by atoms with van der Waals surface area (Å²) in [6, 6.07) is 6.32. The number of nitrogens with zero attached hydrogens (tertiary/aromatic N) is 2. The van der Waals surface area contributed by atoms with E-state index < -0.39 is 5.41 Å². The molecule has 3 atom stereocenters. The van der Waals surface area contributed by atoms with Crippen LogP contribution in [0.15, 0.2) is 48.1 Å². The van der Waals surface area contributed by atoms with E-state index in [1.165, 1.54) is 0 Å². The van der Waals surface area contributed by atoms with Gasteiger partial charge in [-0.25, -0.2) is 0 Å². The number of hydrogen-bond donors (Lipinski definition) is 0. The van der Waals surface area contributed by atoms with Gasteiger partial charge in [-0.2, -0.15) is 5.26 Å². The summed E-state index contributed by atoms with van der Waals surface area (Å²) in [6.45, 7) is 8.01. The Balaban J connectivity index is 2.37. The van der Waals surface area contributed by atoms with Crippen molar-refractivity contribution in [1.29, 1.82) is 5.26 Å². The van der Waals surface area contributed by atoms with Gasteiger partial charge in [0.15, 0.2) is 0 Å². The first-order valence-corrected chi connectivity index (χ1v) is 7.84. The van der Waals surface area contributed by atoms with Gasteiger partial charge >= 0.3 is 0 Å².